The molecule has 0 radical (unpaired) electrons. The van der Waals surface area contributed by atoms with E-state index in [-0.39, 0.29) is 0 Å². The molecule has 20 heavy (non-hydrogen) atoms. The first kappa shape index (κ1) is 15.8. The fourth-order valence-electron chi connectivity index (χ4n) is 4.01. The normalized spacial score (nSPS) is 28.6. The number of carbonyl (C=O) groups is 1. The molecule has 0 spiro atoms. The van der Waals surface area contributed by atoms with Crippen LogP contribution in [0, 0.1) is 11.8 Å². The van der Waals surface area contributed by atoms with Crippen molar-refractivity contribution < 1.29 is 4.79 Å². The zero-order valence-corrected chi connectivity index (χ0v) is 13.4. The van der Waals surface area contributed by atoms with Gasteiger partial charge in [0, 0.05) is 25.6 Å². The Bertz CT molecular complexity index is 299. The van der Waals surface area contributed by atoms with Gasteiger partial charge in [0.15, 0.2) is 0 Å². The lowest BCUT2D eigenvalue weighted by Gasteiger charge is -2.38. The van der Waals surface area contributed by atoms with Crippen molar-refractivity contribution >= 4 is 5.91 Å². The topological polar surface area (TPSA) is 32.3 Å². The third-order valence-corrected chi connectivity index (χ3v) is 5.47. The fourth-order valence-corrected chi connectivity index (χ4v) is 4.01. The first-order valence-corrected chi connectivity index (χ1v) is 8.69. The molecule has 3 nitrogen and oxygen atoms in total. The molecular weight excluding hydrogens is 248 g/mol. The van der Waals surface area contributed by atoms with Gasteiger partial charge in [-0.2, -0.15) is 0 Å². The van der Waals surface area contributed by atoms with Crippen molar-refractivity contribution in [2.45, 2.75) is 70.8 Å². The van der Waals surface area contributed by atoms with Crippen molar-refractivity contribution in [2.24, 2.45) is 11.8 Å². The zero-order chi connectivity index (χ0) is 14.4. The van der Waals surface area contributed by atoms with Crippen LogP contribution in [-0.2, 0) is 4.79 Å². The van der Waals surface area contributed by atoms with Crippen molar-refractivity contribution in [1.29, 1.82) is 0 Å². The van der Waals surface area contributed by atoms with E-state index in [0.717, 1.165) is 44.7 Å². The number of amides is 1. The quantitative estimate of drug-likeness (QED) is 0.839. The van der Waals surface area contributed by atoms with E-state index in [1.165, 1.54) is 32.1 Å². The smallest absolute Gasteiger partial charge is 0.222 e. The van der Waals surface area contributed by atoms with Crippen LogP contribution in [0.25, 0.3) is 0 Å². The summed E-state index contributed by atoms with van der Waals surface area (Å²) in [5, 5.41) is 3.41. The highest BCUT2D eigenvalue weighted by Gasteiger charge is 2.29. The third-order valence-electron chi connectivity index (χ3n) is 5.47. The summed E-state index contributed by atoms with van der Waals surface area (Å²) in [4.78, 5) is 14.5. The first-order chi connectivity index (χ1) is 9.74. The number of nitrogens with zero attached hydrogens (tertiary/aromatic N) is 1. The van der Waals surface area contributed by atoms with Crippen LogP contribution < -0.4 is 5.32 Å². The van der Waals surface area contributed by atoms with Gasteiger partial charge >= 0.3 is 0 Å². The molecule has 116 valence electrons. The molecule has 2 unspecified atom stereocenters. The Balaban J connectivity index is 1.74. The van der Waals surface area contributed by atoms with E-state index in [9.17, 15) is 4.79 Å². The average Bonchev–Trinajstić information content (AvgIpc) is 2.52. The summed E-state index contributed by atoms with van der Waals surface area (Å²) in [7, 11) is 2.05. The van der Waals surface area contributed by atoms with Gasteiger partial charge in [-0.25, -0.2) is 0 Å². The van der Waals surface area contributed by atoms with Gasteiger partial charge in [0.05, 0.1) is 0 Å². The Kier molecular flexibility index (Phi) is 6.34. The van der Waals surface area contributed by atoms with E-state index in [2.05, 4.69) is 17.1 Å². The van der Waals surface area contributed by atoms with E-state index in [4.69, 9.17) is 0 Å². The lowest BCUT2D eigenvalue weighted by atomic mass is 9.85. The van der Waals surface area contributed by atoms with Gasteiger partial charge in [-0.3, -0.25) is 4.79 Å². The van der Waals surface area contributed by atoms with Crippen molar-refractivity contribution in [2.75, 3.05) is 20.1 Å². The molecule has 0 aromatic rings. The van der Waals surface area contributed by atoms with Crippen LogP contribution in [-0.4, -0.2) is 37.0 Å². The number of hydrogen-bond acceptors (Lipinski definition) is 2. The number of likely N-dealkylation sites (tertiary alicyclic amines) is 1. The summed E-state index contributed by atoms with van der Waals surface area (Å²) in [6.07, 6.45) is 11.1. The maximum absolute atomic E-state index is 12.4. The molecule has 2 rings (SSSR count). The summed E-state index contributed by atoms with van der Waals surface area (Å²) in [5.74, 6) is 1.86. The SMILES string of the molecule is CCC1CN(C(=O)CCC2CCCCC2)CCC1NC. The minimum atomic E-state index is 0.406. The van der Waals surface area contributed by atoms with Gasteiger partial charge in [-0.15, -0.1) is 0 Å². The predicted octanol–water partition coefficient (Wildman–Crippen LogP) is 3.19. The molecule has 1 saturated carbocycles. The molecule has 2 fully saturated rings. The second-order valence-electron chi connectivity index (χ2n) is 6.73. The van der Waals surface area contributed by atoms with Crippen molar-refractivity contribution in [3.05, 3.63) is 0 Å². The van der Waals surface area contributed by atoms with Crippen LogP contribution in [0.3, 0.4) is 0 Å². The van der Waals surface area contributed by atoms with E-state index in [1.807, 2.05) is 7.05 Å². The van der Waals surface area contributed by atoms with Crippen LogP contribution in [0.1, 0.15) is 64.7 Å². The van der Waals surface area contributed by atoms with E-state index in [0.29, 0.717) is 17.9 Å². The maximum atomic E-state index is 12.4. The number of piperidine rings is 1. The standard InChI is InChI=1S/C17H32N2O/c1-3-15-13-19(12-11-16(15)18-2)17(20)10-9-14-7-5-4-6-8-14/h14-16,18H,3-13H2,1-2H3. The van der Waals surface area contributed by atoms with Crippen molar-refractivity contribution in [3.63, 3.8) is 0 Å². The minimum absolute atomic E-state index is 0.406. The number of hydrogen-bond donors (Lipinski definition) is 1. The largest absolute Gasteiger partial charge is 0.342 e. The van der Waals surface area contributed by atoms with Crippen molar-refractivity contribution in [3.8, 4) is 0 Å². The molecule has 1 saturated heterocycles. The summed E-state index contributed by atoms with van der Waals surface area (Å²) in [6.45, 7) is 4.15. The lowest BCUT2D eigenvalue weighted by Crippen LogP contribution is -2.50. The Hall–Kier alpha value is -0.570. The summed E-state index contributed by atoms with van der Waals surface area (Å²) >= 11 is 0. The molecule has 2 atom stereocenters. The number of nitrogens with one attached hydrogen (secondary N) is 1. The number of carbonyl (C=O) groups excluding carboxylic acids is 1. The van der Waals surface area contributed by atoms with Gasteiger partial charge in [0.2, 0.25) is 5.91 Å². The summed E-state index contributed by atoms with van der Waals surface area (Å²) in [6, 6.07) is 0.599. The molecule has 1 aliphatic carbocycles. The van der Waals surface area contributed by atoms with Crippen LogP contribution in [0.2, 0.25) is 0 Å². The summed E-state index contributed by atoms with van der Waals surface area (Å²) in [5.41, 5.74) is 0. The fraction of sp³-hybridized carbons (Fsp3) is 0.941. The molecule has 1 N–H and O–H groups in total. The van der Waals surface area contributed by atoms with Crippen LogP contribution >= 0.6 is 0 Å². The molecule has 0 aromatic carbocycles. The Labute approximate surface area is 124 Å². The van der Waals surface area contributed by atoms with Crippen LogP contribution in [0.15, 0.2) is 0 Å². The summed E-state index contributed by atoms with van der Waals surface area (Å²) < 4.78 is 0. The van der Waals surface area contributed by atoms with Crippen LogP contribution in [0.4, 0.5) is 0 Å². The molecule has 0 bridgehead atoms. The Morgan fingerprint density at radius 2 is 1.95 bits per heavy atom. The van der Waals surface area contributed by atoms with Gasteiger partial charge < -0.3 is 10.2 Å². The second-order valence-corrected chi connectivity index (χ2v) is 6.73. The monoisotopic (exact) mass is 280 g/mol. The molecule has 0 aromatic heterocycles. The minimum Gasteiger partial charge on any atom is -0.342 e. The van der Waals surface area contributed by atoms with E-state index in [1.54, 1.807) is 0 Å². The molecule has 3 heteroatoms. The van der Waals surface area contributed by atoms with E-state index < -0.39 is 0 Å². The average molecular weight is 280 g/mol. The molecular formula is C17H32N2O. The Morgan fingerprint density at radius 1 is 1.20 bits per heavy atom. The van der Waals surface area contributed by atoms with Gasteiger partial charge in [0.25, 0.3) is 0 Å². The Morgan fingerprint density at radius 3 is 2.60 bits per heavy atom. The highest BCUT2D eigenvalue weighted by Crippen LogP contribution is 2.28. The van der Waals surface area contributed by atoms with Gasteiger partial charge in [0.1, 0.15) is 0 Å². The zero-order valence-electron chi connectivity index (χ0n) is 13.4. The third kappa shape index (κ3) is 4.21. The van der Waals surface area contributed by atoms with Crippen molar-refractivity contribution in [1.82, 2.24) is 10.2 Å². The van der Waals surface area contributed by atoms with Gasteiger partial charge in [-0.05, 0) is 31.7 Å². The highest BCUT2D eigenvalue weighted by molar-refractivity contribution is 5.76. The number of rotatable bonds is 5. The van der Waals surface area contributed by atoms with Gasteiger partial charge in [-0.1, -0.05) is 45.4 Å². The molecule has 1 aliphatic heterocycles. The molecule has 1 amide bonds. The first-order valence-electron chi connectivity index (χ1n) is 8.69. The maximum Gasteiger partial charge on any atom is 0.222 e. The van der Waals surface area contributed by atoms with Crippen LogP contribution in [0.5, 0.6) is 0 Å². The molecule has 2 aliphatic rings. The highest BCUT2D eigenvalue weighted by atomic mass is 16.2. The predicted molar refractivity (Wildman–Crippen MR) is 83.6 cm³/mol. The second kappa shape index (κ2) is 8.02. The van der Waals surface area contributed by atoms with E-state index >= 15 is 0 Å². The molecule has 1 heterocycles. The lowest BCUT2D eigenvalue weighted by molar-refractivity contribution is -0.133.